The third-order valence-electron chi connectivity index (χ3n) is 3.93. The van der Waals surface area contributed by atoms with Gasteiger partial charge in [0.25, 0.3) is 5.91 Å². The molecular weight excluding hydrogens is 314 g/mol. The highest BCUT2D eigenvalue weighted by atomic mass is 16.5. The zero-order valence-corrected chi connectivity index (χ0v) is 15.3. The van der Waals surface area contributed by atoms with Crippen molar-refractivity contribution in [2.45, 2.75) is 39.5 Å². The van der Waals surface area contributed by atoms with Crippen molar-refractivity contribution in [2.24, 2.45) is 0 Å². The second-order valence-electron chi connectivity index (χ2n) is 5.97. The molecule has 134 valence electrons. The minimum atomic E-state index is -0.165. The molecule has 2 aromatic carbocycles. The quantitative estimate of drug-likeness (QED) is 0.647. The number of methoxy groups -OCH3 is 1. The predicted molar refractivity (Wildman–Crippen MR) is 102 cm³/mol. The first kappa shape index (κ1) is 18.8. The normalized spacial score (nSPS) is 10.4. The molecule has 1 N–H and O–H groups in total. The highest BCUT2D eigenvalue weighted by molar-refractivity contribution is 6.04. The van der Waals surface area contributed by atoms with Gasteiger partial charge in [0, 0.05) is 11.3 Å². The van der Waals surface area contributed by atoms with Gasteiger partial charge in [0.2, 0.25) is 0 Å². The summed E-state index contributed by atoms with van der Waals surface area (Å²) in [5.41, 5.74) is 2.60. The molecule has 0 unspecified atom stereocenters. The molecule has 0 radical (unpaired) electrons. The van der Waals surface area contributed by atoms with E-state index in [-0.39, 0.29) is 5.91 Å². The van der Waals surface area contributed by atoms with Crippen LogP contribution in [0.4, 0.5) is 5.69 Å². The van der Waals surface area contributed by atoms with Crippen LogP contribution in [0.15, 0.2) is 42.5 Å². The Morgan fingerprint density at radius 3 is 2.40 bits per heavy atom. The maximum absolute atomic E-state index is 12.5. The van der Waals surface area contributed by atoms with E-state index in [1.807, 2.05) is 24.3 Å². The molecule has 0 aliphatic carbocycles. The molecule has 1 amide bonds. The van der Waals surface area contributed by atoms with Gasteiger partial charge in [-0.15, -0.1) is 0 Å². The number of hydrogen-bond donors (Lipinski definition) is 1. The van der Waals surface area contributed by atoms with Crippen LogP contribution in [0, 0.1) is 0 Å². The largest absolute Gasteiger partial charge is 0.493 e. The van der Waals surface area contributed by atoms with Crippen LogP contribution >= 0.6 is 0 Å². The molecule has 0 spiro atoms. The van der Waals surface area contributed by atoms with E-state index in [1.54, 1.807) is 25.3 Å². The van der Waals surface area contributed by atoms with E-state index in [2.05, 4.69) is 19.2 Å². The summed E-state index contributed by atoms with van der Waals surface area (Å²) < 4.78 is 11.1. The number of carbonyl (C=O) groups excluding carboxylic acids is 1. The van der Waals surface area contributed by atoms with Gasteiger partial charge in [0.15, 0.2) is 11.5 Å². The van der Waals surface area contributed by atoms with Crippen molar-refractivity contribution in [1.82, 2.24) is 0 Å². The number of aryl methyl sites for hydroxylation is 1. The fraction of sp³-hybridized carbons (Fsp3) is 0.381. The first-order valence-corrected chi connectivity index (χ1v) is 8.89. The molecule has 0 saturated heterocycles. The van der Waals surface area contributed by atoms with Gasteiger partial charge in [0.1, 0.15) is 0 Å². The van der Waals surface area contributed by atoms with Crippen LogP contribution in [-0.4, -0.2) is 19.6 Å². The third-order valence-corrected chi connectivity index (χ3v) is 3.93. The van der Waals surface area contributed by atoms with Gasteiger partial charge in [-0.2, -0.15) is 0 Å². The van der Waals surface area contributed by atoms with Crippen molar-refractivity contribution in [3.8, 4) is 11.5 Å². The summed E-state index contributed by atoms with van der Waals surface area (Å²) in [6.45, 7) is 4.91. The molecule has 25 heavy (non-hydrogen) atoms. The summed E-state index contributed by atoms with van der Waals surface area (Å²) in [5.74, 6) is 1.07. The lowest BCUT2D eigenvalue weighted by molar-refractivity contribution is 0.102. The highest BCUT2D eigenvalue weighted by Gasteiger charge is 2.11. The Labute approximate surface area is 150 Å². The van der Waals surface area contributed by atoms with Crippen LogP contribution in [0.5, 0.6) is 11.5 Å². The van der Waals surface area contributed by atoms with E-state index in [4.69, 9.17) is 9.47 Å². The number of benzene rings is 2. The summed E-state index contributed by atoms with van der Waals surface area (Å²) in [5, 5.41) is 2.92. The van der Waals surface area contributed by atoms with Gasteiger partial charge in [-0.05, 0) is 48.7 Å². The zero-order valence-electron chi connectivity index (χ0n) is 15.3. The number of rotatable bonds is 9. The standard InChI is InChI=1S/C21H27NO3/c1-4-6-14-25-19-13-10-17(15-20(19)24-3)21(23)22-18-11-8-16(7-5-2)9-12-18/h8-13,15H,4-7,14H2,1-3H3,(H,22,23). The van der Waals surface area contributed by atoms with E-state index in [0.717, 1.165) is 31.4 Å². The number of hydrogen-bond acceptors (Lipinski definition) is 3. The van der Waals surface area contributed by atoms with Gasteiger partial charge in [-0.3, -0.25) is 4.79 Å². The van der Waals surface area contributed by atoms with Gasteiger partial charge in [-0.1, -0.05) is 38.8 Å². The summed E-state index contributed by atoms with van der Waals surface area (Å²) >= 11 is 0. The Morgan fingerprint density at radius 2 is 1.76 bits per heavy atom. The van der Waals surface area contributed by atoms with Gasteiger partial charge in [-0.25, -0.2) is 0 Å². The highest BCUT2D eigenvalue weighted by Crippen LogP contribution is 2.28. The molecule has 2 aromatic rings. The monoisotopic (exact) mass is 341 g/mol. The first-order valence-electron chi connectivity index (χ1n) is 8.89. The molecule has 0 heterocycles. The number of unbranched alkanes of at least 4 members (excludes halogenated alkanes) is 1. The molecule has 0 saturated carbocycles. The number of anilines is 1. The van der Waals surface area contributed by atoms with Crippen molar-refractivity contribution in [3.63, 3.8) is 0 Å². The minimum absolute atomic E-state index is 0.165. The first-order chi connectivity index (χ1) is 12.2. The molecular formula is C21H27NO3. The molecule has 0 fully saturated rings. The summed E-state index contributed by atoms with van der Waals surface area (Å²) in [4.78, 5) is 12.5. The lowest BCUT2D eigenvalue weighted by Gasteiger charge is -2.12. The van der Waals surface area contributed by atoms with Crippen molar-refractivity contribution in [3.05, 3.63) is 53.6 Å². The van der Waals surface area contributed by atoms with Crippen molar-refractivity contribution in [1.29, 1.82) is 0 Å². The maximum Gasteiger partial charge on any atom is 0.255 e. The second kappa shape index (κ2) is 9.72. The van der Waals surface area contributed by atoms with Crippen LogP contribution in [0.1, 0.15) is 49.0 Å². The van der Waals surface area contributed by atoms with E-state index >= 15 is 0 Å². The topological polar surface area (TPSA) is 47.6 Å². The number of nitrogens with one attached hydrogen (secondary N) is 1. The number of carbonyl (C=O) groups is 1. The minimum Gasteiger partial charge on any atom is -0.493 e. The average Bonchev–Trinajstić information content (AvgIpc) is 2.64. The fourth-order valence-electron chi connectivity index (χ4n) is 2.50. The van der Waals surface area contributed by atoms with E-state index < -0.39 is 0 Å². The SMILES string of the molecule is CCCCOc1ccc(C(=O)Nc2ccc(CCC)cc2)cc1OC. The van der Waals surface area contributed by atoms with Crippen molar-refractivity contribution < 1.29 is 14.3 Å². The van der Waals surface area contributed by atoms with Crippen molar-refractivity contribution in [2.75, 3.05) is 19.0 Å². The van der Waals surface area contributed by atoms with E-state index in [0.29, 0.717) is 23.7 Å². The summed E-state index contributed by atoms with van der Waals surface area (Å²) in [6.07, 6.45) is 4.21. The maximum atomic E-state index is 12.5. The number of ether oxygens (including phenoxy) is 2. The molecule has 0 aliphatic rings. The Hall–Kier alpha value is -2.49. The average molecular weight is 341 g/mol. The van der Waals surface area contributed by atoms with E-state index in [1.165, 1.54) is 5.56 Å². The van der Waals surface area contributed by atoms with Crippen LogP contribution in [0.25, 0.3) is 0 Å². The van der Waals surface area contributed by atoms with Crippen molar-refractivity contribution >= 4 is 11.6 Å². The molecule has 4 nitrogen and oxygen atoms in total. The lowest BCUT2D eigenvalue weighted by atomic mass is 10.1. The summed E-state index contributed by atoms with van der Waals surface area (Å²) in [7, 11) is 1.58. The van der Waals surface area contributed by atoms with Gasteiger partial charge >= 0.3 is 0 Å². The third kappa shape index (κ3) is 5.52. The van der Waals surface area contributed by atoms with Gasteiger partial charge in [0.05, 0.1) is 13.7 Å². The molecule has 0 aliphatic heterocycles. The zero-order chi connectivity index (χ0) is 18.1. The summed E-state index contributed by atoms with van der Waals surface area (Å²) in [6, 6.07) is 13.2. The molecule has 0 aromatic heterocycles. The Bertz CT molecular complexity index is 680. The van der Waals surface area contributed by atoms with Crippen LogP contribution in [-0.2, 0) is 6.42 Å². The Morgan fingerprint density at radius 1 is 1.00 bits per heavy atom. The molecule has 0 atom stereocenters. The number of amides is 1. The molecule has 0 bridgehead atoms. The van der Waals surface area contributed by atoms with Crippen LogP contribution in [0.2, 0.25) is 0 Å². The van der Waals surface area contributed by atoms with Gasteiger partial charge < -0.3 is 14.8 Å². The van der Waals surface area contributed by atoms with Crippen LogP contribution < -0.4 is 14.8 Å². The Balaban J connectivity index is 2.05. The Kier molecular flexibility index (Phi) is 7.33. The second-order valence-corrected chi connectivity index (χ2v) is 5.97. The molecule has 4 heteroatoms. The van der Waals surface area contributed by atoms with E-state index in [9.17, 15) is 4.79 Å². The lowest BCUT2D eigenvalue weighted by Crippen LogP contribution is -2.12. The fourth-order valence-corrected chi connectivity index (χ4v) is 2.50. The molecule has 2 rings (SSSR count). The van der Waals surface area contributed by atoms with Crippen LogP contribution in [0.3, 0.4) is 0 Å². The predicted octanol–water partition coefficient (Wildman–Crippen LogP) is 5.08. The smallest absolute Gasteiger partial charge is 0.255 e.